The van der Waals surface area contributed by atoms with E-state index < -0.39 is 0 Å². The minimum absolute atomic E-state index is 0.185. The van der Waals surface area contributed by atoms with Crippen LogP contribution >= 0.6 is 0 Å². The van der Waals surface area contributed by atoms with Gasteiger partial charge in [-0.05, 0) is 70.5 Å². The maximum Gasteiger partial charge on any atom is 0.211 e. The molecular weight excluding hydrogens is 416 g/mol. The molecule has 170 valence electrons. The summed E-state index contributed by atoms with van der Waals surface area (Å²) in [5, 5.41) is 25.1. The molecule has 2 aromatic carbocycles. The SMILES string of the molecule is CCCCC1(CCCC)c2cc3c(cc2-c2cc4c(cc21)C(=O)/C(=N/O)C4)C/C(=N\O)C3=O. The van der Waals surface area contributed by atoms with Crippen molar-refractivity contribution in [2.45, 2.75) is 70.6 Å². The summed E-state index contributed by atoms with van der Waals surface area (Å²) in [5.41, 5.74) is 7.63. The van der Waals surface area contributed by atoms with Crippen LogP contribution in [0.25, 0.3) is 11.1 Å². The molecule has 0 unspecified atom stereocenters. The predicted octanol–water partition coefficient (Wildman–Crippen LogP) is 5.47. The Hall–Kier alpha value is -3.28. The van der Waals surface area contributed by atoms with E-state index >= 15 is 0 Å². The highest BCUT2D eigenvalue weighted by atomic mass is 16.4. The van der Waals surface area contributed by atoms with Gasteiger partial charge in [-0.2, -0.15) is 0 Å². The molecule has 0 heterocycles. The number of benzene rings is 2. The average molecular weight is 445 g/mol. The van der Waals surface area contributed by atoms with Gasteiger partial charge in [0.1, 0.15) is 11.4 Å². The minimum atomic E-state index is -0.278. The zero-order valence-corrected chi connectivity index (χ0v) is 19.1. The molecule has 3 aliphatic rings. The third-order valence-corrected chi connectivity index (χ3v) is 7.69. The Kier molecular flexibility index (Phi) is 5.19. The van der Waals surface area contributed by atoms with Crippen LogP contribution in [0.3, 0.4) is 0 Å². The van der Waals surface area contributed by atoms with Crippen LogP contribution in [-0.2, 0) is 18.3 Å². The predicted molar refractivity (Wildman–Crippen MR) is 126 cm³/mol. The van der Waals surface area contributed by atoms with Gasteiger partial charge in [0.15, 0.2) is 0 Å². The lowest BCUT2D eigenvalue weighted by atomic mass is 9.70. The molecule has 0 aliphatic heterocycles. The van der Waals surface area contributed by atoms with Gasteiger partial charge in [0.25, 0.3) is 0 Å². The number of unbranched alkanes of at least 4 members (excludes halogenated alkanes) is 2. The van der Waals surface area contributed by atoms with E-state index in [0.29, 0.717) is 24.0 Å². The number of nitrogens with zero attached hydrogens (tertiary/aromatic N) is 2. The first kappa shape index (κ1) is 21.6. The fraction of sp³-hybridized carbons (Fsp3) is 0.407. The van der Waals surface area contributed by atoms with E-state index in [9.17, 15) is 20.0 Å². The third kappa shape index (κ3) is 3.00. The molecule has 2 N–H and O–H groups in total. The molecule has 5 rings (SSSR count). The topological polar surface area (TPSA) is 99.3 Å². The average Bonchev–Trinajstić information content (AvgIpc) is 3.41. The summed E-state index contributed by atoms with van der Waals surface area (Å²) in [6.45, 7) is 4.35. The van der Waals surface area contributed by atoms with Crippen molar-refractivity contribution < 1.29 is 20.0 Å². The zero-order chi connectivity index (χ0) is 23.3. The Morgan fingerprint density at radius 3 is 1.52 bits per heavy atom. The quantitative estimate of drug-likeness (QED) is 0.456. The first-order valence-electron chi connectivity index (χ1n) is 11.9. The van der Waals surface area contributed by atoms with E-state index in [1.165, 1.54) is 0 Å². The normalized spacial score (nSPS) is 19.8. The molecule has 33 heavy (non-hydrogen) atoms. The van der Waals surface area contributed by atoms with Crippen LogP contribution in [-0.4, -0.2) is 33.4 Å². The van der Waals surface area contributed by atoms with Crippen molar-refractivity contribution in [2.24, 2.45) is 10.3 Å². The Bertz CT molecular complexity index is 1160. The lowest BCUT2D eigenvalue weighted by Gasteiger charge is -2.33. The monoisotopic (exact) mass is 444 g/mol. The van der Waals surface area contributed by atoms with Crippen molar-refractivity contribution >= 4 is 23.0 Å². The van der Waals surface area contributed by atoms with Gasteiger partial charge in [0.2, 0.25) is 11.6 Å². The van der Waals surface area contributed by atoms with Gasteiger partial charge < -0.3 is 10.4 Å². The van der Waals surface area contributed by atoms with Crippen molar-refractivity contribution in [1.82, 2.24) is 0 Å². The Morgan fingerprint density at radius 1 is 0.727 bits per heavy atom. The summed E-state index contributed by atoms with van der Waals surface area (Å²) in [4.78, 5) is 25.7. The van der Waals surface area contributed by atoms with Crippen LogP contribution in [0, 0.1) is 0 Å². The molecule has 6 heteroatoms. The Morgan fingerprint density at radius 2 is 1.15 bits per heavy atom. The fourth-order valence-corrected chi connectivity index (χ4v) is 6.00. The Labute approximate surface area is 193 Å². The van der Waals surface area contributed by atoms with E-state index in [2.05, 4.69) is 36.3 Å². The smallest absolute Gasteiger partial charge is 0.211 e. The number of rotatable bonds is 6. The van der Waals surface area contributed by atoms with Crippen molar-refractivity contribution in [2.75, 3.05) is 0 Å². The molecule has 0 radical (unpaired) electrons. The number of oxime groups is 2. The molecule has 0 atom stereocenters. The van der Waals surface area contributed by atoms with Gasteiger partial charge in [-0.25, -0.2) is 0 Å². The molecule has 0 aromatic heterocycles. The van der Waals surface area contributed by atoms with E-state index in [0.717, 1.165) is 71.9 Å². The van der Waals surface area contributed by atoms with Crippen LogP contribution in [0.5, 0.6) is 0 Å². The maximum atomic E-state index is 12.8. The summed E-state index contributed by atoms with van der Waals surface area (Å²) >= 11 is 0. The van der Waals surface area contributed by atoms with E-state index in [4.69, 9.17) is 0 Å². The highest BCUT2D eigenvalue weighted by molar-refractivity contribution is 6.50. The molecule has 0 fully saturated rings. The second kappa shape index (κ2) is 7.94. The number of fused-ring (bicyclic) bond motifs is 5. The molecule has 0 amide bonds. The minimum Gasteiger partial charge on any atom is -0.411 e. The van der Waals surface area contributed by atoms with Crippen LogP contribution in [0.15, 0.2) is 34.6 Å². The molecule has 3 aliphatic carbocycles. The summed E-state index contributed by atoms with van der Waals surface area (Å²) in [5.74, 6) is -0.403. The summed E-state index contributed by atoms with van der Waals surface area (Å²) in [6.07, 6.45) is 6.70. The van der Waals surface area contributed by atoms with Gasteiger partial charge in [-0.15, -0.1) is 0 Å². The van der Waals surface area contributed by atoms with Crippen LogP contribution in [0.2, 0.25) is 0 Å². The molecule has 0 spiro atoms. The van der Waals surface area contributed by atoms with Crippen molar-refractivity contribution in [3.63, 3.8) is 0 Å². The lowest BCUT2D eigenvalue weighted by Crippen LogP contribution is -2.26. The van der Waals surface area contributed by atoms with Crippen LogP contribution < -0.4 is 0 Å². The lowest BCUT2D eigenvalue weighted by molar-refractivity contribution is 0.105. The number of hydrogen-bond acceptors (Lipinski definition) is 6. The first-order chi connectivity index (χ1) is 16.0. The largest absolute Gasteiger partial charge is 0.411 e. The molecule has 0 bridgehead atoms. The maximum absolute atomic E-state index is 12.8. The second-order valence-electron chi connectivity index (χ2n) is 9.50. The molecule has 2 aromatic rings. The van der Waals surface area contributed by atoms with Gasteiger partial charge in [-0.1, -0.05) is 49.8 Å². The van der Waals surface area contributed by atoms with Crippen LogP contribution in [0.4, 0.5) is 0 Å². The van der Waals surface area contributed by atoms with Crippen molar-refractivity contribution in [3.8, 4) is 11.1 Å². The second-order valence-corrected chi connectivity index (χ2v) is 9.50. The zero-order valence-electron chi connectivity index (χ0n) is 19.1. The van der Waals surface area contributed by atoms with E-state index in [1.807, 2.05) is 12.1 Å². The van der Waals surface area contributed by atoms with Gasteiger partial charge in [0, 0.05) is 29.4 Å². The number of carbonyl (C=O) groups excluding carboxylic acids is 2. The highest BCUT2D eigenvalue weighted by Gasteiger charge is 2.45. The highest BCUT2D eigenvalue weighted by Crippen LogP contribution is 2.56. The van der Waals surface area contributed by atoms with Crippen LogP contribution in [0.1, 0.15) is 95.3 Å². The number of ketones is 2. The van der Waals surface area contributed by atoms with E-state index in [-0.39, 0.29) is 28.4 Å². The molecule has 0 saturated heterocycles. The standard InChI is InChI=1S/C27H28N2O4/c1-3-5-7-27(8-6-4-2)21-13-17-15(11-23(28-32)25(17)30)9-19(21)20-10-16-12-24(29-33)26(31)18(16)14-22(20)27/h9-10,13-14,32-33H,3-8,11-12H2,1-2H3/b28-23+,29-24+. The van der Waals surface area contributed by atoms with E-state index in [1.54, 1.807) is 0 Å². The summed E-state index contributed by atoms with van der Waals surface area (Å²) in [6, 6.07) is 8.24. The summed E-state index contributed by atoms with van der Waals surface area (Å²) in [7, 11) is 0. The molecule has 6 nitrogen and oxygen atoms in total. The fourth-order valence-electron chi connectivity index (χ4n) is 6.00. The van der Waals surface area contributed by atoms with Gasteiger partial charge in [0.05, 0.1) is 0 Å². The molecular formula is C27H28N2O4. The number of carbonyl (C=O) groups is 2. The van der Waals surface area contributed by atoms with Crippen molar-refractivity contribution in [1.29, 1.82) is 0 Å². The van der Waals surface area contributed by atoms with Gasteiger partial charge in [-0.3, -0.25) is 9.59 Å². The first-order valence-corrected chi connectivity index (χ1v) is 11.9. The summed E-state index contributed by atoms with van der Waals surface area (Å²) < 4.78 is 0. The third-order valence-electron chi connectivity index (χ3n) is 7.69. The Balaban J connectivity index is 1.78. The molecule has 0 saturated carbocycles. The number of Topliss-reactive ketones (excluding diaryl/α,β-unsaturated/α-hetero) is 2. The van der Waals surface area contributed by atoms with Gasteiger partial charge >= 0.3 is 0 Å². The van der Waals surface area contributed by atoms with Crippen molar-refractivity contribution in [3.05, 3.63) is 57.6 Å². The number of hydrogen-bond donors (Lipinski definition) is 2.